The molecule has 0 atom stereocenters. The number of hydrogen-bond acceptors (Lipinski definition) is 4. The van der Waals surface area contributed by atoms with Crippen molar-refractivity contribution in [1.82, 2.24) is 5.32 Å². The smallest absolute Gasteiger partial charge is 0.223 e. The summed E-state index contributed by atoms with van der Waals surface area (Å²) in [4.78, 5) is 11.7. The van der Waals surface area contributed by atoms with Crippen molar-refractivity contribution >= 4 is 11.7 Å². The first-order valence-corrected chi connectivity index (χ1v) is 5.93. The molecule has 0 spiro atoms. The van der Waals surface area contributed by atoms with Gasteiger partial charge in [0, 0.05) is 13.0 Å². The summed E-state index contributed by atoms with van der Waals surface area (Å²) < 4.78 is 5.10. The summed E-state index contributed by atoms with van der Waals surface area (Å²) in [7, 11) is 0. The topological polar surface area (TPSA) is 96.9 Å². The Bertz CT molecular complexity index is 263. The number of amides is 1. The molecule has 0 aliphatic rings. The van der Waals surface area contributed by atoms with Crippen LogP contribution in [0.25, 0.3) is 0 Å². The molecule has 0 aromatic rings. The summed E-state index contributed by atoms with van der Waals surface area (Å²) in [5, 5.41) is 14.6. The van der Waals surface area contributed by atoms with E-state index in [1.165, 1.54) is 0 Å². The van der Waals surface area contributed by atoms with Gasteiger partial charge in [-0.05, 0) is 19.8 Å². The van der Waals surface area contributed by atoms with Gasteiger partial charge in [-0.15, -0.1) is 0 Å². The lowest BCUT2D eigenvalue weighted by Gasteiger charge is -2.31. The molecule has 0 saturated heterocycles. The van der Waals surface area contributed by atoms with Crippen LogP contribution in [0.15, 0.2) is 5.16 Å². The van der Waals surface area contributed by atoms with Gasteiger partial charge in [0.05, 0.1) is 6.61 Å². The standard InChI is InChI=1S/C11H23N3O3/c1-4-11(5-2,10(12)14-16)13-9(15)7-8-17-6-3/h16H,4-8H2,1-3H3,(H2,12,14)(H,13,15). The van der Waals surface area contributed by atoms with E-state index >= 15 is 0 Å². The van der Waals surface area contributed by atoms with Gasteiger partial charge in [0.1, 0.15) is 5.54 Å². The minimum atomic E-state index is -0.766. The molecule has 0 bridgehead atoms. The first-order chi connectivity index (χ1) is 8.06. The van der Waals surface area contributed by atoms with Crippen LogP contribution in [0, 0.1) is 0 Å². The molecule has 4 N–H and O–H groups in total. The minimum Gasteiger partial charge on any atom is -0.409 e. The Morgan fingerprint density at radius 2 is 2.00 bits per heavy atom. The Morgan fingerprint density at radius 1 is 1.41 bits per heavy atom. The number of amidine groups is 1. The van der Waals surface area contributed by atoms with Crippen molar-refractivity contribution in [1.29, 1.82) is 0 Å². The average Bonchev–Trinajstić information content (AvgIpc) is 2.35. The van der Waals surface area contributed by atoms with Crippen LogP contribution in [0.2, 0.25) is 0 Å². The van der Waals surface area contributed by atoms with Crippen molar-refractivity contribution < 1.29 is 14.7 Å². The number of nitrogens with two attached hydrogens (primary N) is 1. The monoisotopic (exact) mass is 245 g/mol. The highest BCUT2D eigenvalue weighted by atomic mass is 16.5. The Kier molecular flexibility index (Phi) is 7.29. The van der Waals surface area contributed by atoms with E-state index in [0.717, 1.165) is 0 Å². The maximum Gasteiger partial charge on any atom is 0.223 e. The summed E-state index contributed by atoms with van der Waals surface area (Å²) in [6.07, 6.45) is 1.41. The van der Waals surface area contributed by atoms with Crippen LogP contribution in [0.3, 0.4) is 0 Å². The number of carbonyl (C=O) groups excluding carboxylic acids is 1. The highest BCUT2D eigenvalue weighted by Crippen LogP contribution is 2.15. The van der Waals surface area contributed by atoms with Crippen molar-refractivity contribution in [3.05, 3.63) is 0 Å². The molecule has 17 heavy (non-hydrogen) atoms. The quantitative estimate of drug-likeness (QED) is 0.194. The van der Waals surface area contributed by atoms with Crippen molar-refractivity contribution in [2.75, 3.05) is 13.2 Å². The second-order valence-electron chi connectivity index (χ2n) is 3.77. The van der Waals surface area contributed by atoms with Crippen LogP contribution in [-0.2, 0) is 9.53 Å². The van der Waals surface area contributed by atoms with E-state index < -0.39 is 5.54 Å². The number of carbonyl (C=O) groups is 1. The Balaban J connectivity index is 4.49. The van der Waals surface area contributed by atoms with Crippen molar-refractivity contribution in [3.8, 4) is 0 Å². The first-order valence-electron chi connectivity index (χ1n) is 5.93. The van der Waals surface area contributed by atoms with Crippen molar-refractivity contribution in [2.24, 2.45) is 10.9 Å². The third-order valence-corrected chi connectivity index (χ3v) is 2.86. The van der Waals surface area contributed by atoms with E-state index in [9.17, 15) is 4.79 Å². The fourth-order valence-corrected chi connectivity index (χ4v) is 1.59. The van der Waals surface area contributed by atoms with E-state index in [0.29, 0.717) is 26.1 Å². The van der Waals surface area contributed by atoms with Gasteiger partial charge in [0.15, 0.2) is 5.84 Å². The van der Waals surface area contributed by atoms with Gasteiger partial charge in [0.2, 0.25) is 5.91 Å². The lowest BCUT2D eigenvalue weighted by Crippen LogP contribution is -2.57. The molecule has 0 heterocycles. The Hall–Kier alpha value is -1.30. The van der Waals surface area contributed by atoms with Crippen molar-refractivity contribution in [3.63, 3.8) is 0 Å². The van der Waals surface area contributed by atoms with Crippen LogP contribution >= 0.6 is 0 Å². The number of ether oxygens (including phenoxy) is 1. The van der Waals surface area contributed by atoms with E-state index in [-0.39, 0.29) is 18.2 Å². The molecule has 1 amide bonds. The van der Waals surface area contributed by atoms with Crippen LogP contribution in [0.4, 0.5) is 0 Å². The molecule has 0 aliphatic carbocycles. The Labute approximate surface area is 102 Å². The van der Waals surface area contributed by atoms with Gasteiger partial charge in [-0.25, -0.2) is 0 Å². The summed E-state index contributed by atoms with van der Waals surface area (Å²) in [6.45, 7) is 6.59. The lowest BCUT2D eigenvalue weighted by atomic mass is 9.91. The van der Waals surface area contributed by atoms with E-state index in [1.54, 1.807) is 0 Å². The van der Waals surface area contributed by atoms with Crippen LogP contribution in [-0.4, -0.2) is 35.7 Å². The van der Waals surface area contributed by atoms with Gasteiger partial charge in [0.25, 0.3) is 0 Å². The highest BCUT2D eigenvalue weighted by Gasteiger charge is 2.32. The number of oxime groups is 1. The zero-order valence-corrected chi connectivity index (χ0v) is 10.8. The molecule has 0 aliphatic heterocycles. The normalized spacial score (nSPS) is 12.5. The molecular formula is C11H23N3O3. The fourth-order valence-electron chi connectivity index (χ4n) is 1.59. The van der Waals surface area contributed by atoms with Crippen LogP contribution in [0.1, 0.15) is 40.0 Å². The van der Waals surface area contributed by atoms with Gasteiger partial charge in [-0.3, -0.25) is 4.79 Å². The predicted octanol–water partition coefficient (Wildman–Crippen LogP) is 0.834. The summed E-state index contributed by atoms with van der Waals surface area (Å²) in [5.74, 6) is -0.124. The molecule has 0 saturated carbocycles. The second kappa shape index (κ2) is 7.89. The first kappa shape index (κ1) is 15.7. The molecule has 100 valence electrons. The molecule has 0 unspecified atom stereocenters. The summed E-state index contributed by atoms with van der Waals surface area (Å²) >= 11 is 0. The van der Waals surface area contributed by atoms with Gasteiger partial charge in [-0.1, -0.05) is 19.0 Å². The van der Waals surface area contributed by atoms with Crippen molar-refractivity contribution in [2.45, 2.75) is 45.6 Å². The molecule has 0 fully saturated rings. The molecule has 6 heteroatoms. The van der Waals surface area contributed by atoms with E-state index in [4.69, 9.17) is 15.7 Å². The largest absolute Gasteiger partial charge is 0.409 e. The van der Waals surface area contributed by atoms with E-state index in [1.807, 2.05) is 20.8 Å². The molecule has 0 rings (SSSR count). The van der Waals surface area contributed by atoms with Gasteiger partial charge in [-0.2, -0.15) is 0 Å². The minimum absolute atomic E-state index is 0.0345. The number of hydrogen-bond donors (Lipinski definition) is 3. The summed E-state index contributed by atoms with van der Waals surface area (Å²) in [6, 6.07) is 0. The van der Waals surface area contributed by atoms with Crippen LogP contribution in [0.5, 0.6) is 0 Å². The third kappa shape index (κ3) is 4.60. The number of rotatable bonds is 8. The molecule has 0 aromatic heterocycles. The second-order valence-corrected chi connectivity index (χ2v) is 3.77. The van der Waals surface area contributed by atoms with Gasteiger partial charge >= 0.3 is 0 Å². The highest BCUT2D eigenvalue weighted by molar-refractivity contribution is 5.93. The van der Waals surface area contributed by atoms with Gasteiger partial charge < -0.3 is 21.0 Å². The maximum absolute atomic E-state index is 11.7. The number of nitrogens with one attached hydrogen (secondary N) is 1. The lowest BCUT2D eigenvalue weighted by molar-refractivity contribution is -0.123. The maximum atomic E-state index is 11.7. The third-order valence-electron chi connectivity index (χ3n) is 2.86. The molecule has 6 nitrogen and oxygen atoms in total. The molecule has 0 aromatic carbocycles. The van der Waals surface area contributed by atoms with E-state index in [2.05, 4.69) is 10.5 Å². The predicted molar refractivity (Wildman–Crippen MR) is 66.0 cm³/mol. The zero-order chi connectivity index (χ0) is 13.3. The average molecular weight is 245 g/mol. The zero-order valence-electron chi connectivity index (χ0n) is 10.8. The molecule has 0 radical (unpaired) electrons. The number of nitrogens with zero attached hydrogens (tertiary/aromatic N) is 1. The fraction of sp³-hybridized carbons (Fsp3) is 0.818. The van der Waals surface area contributed by atoms with Crippen LogP contribution < -0.4 is 11.1 Å². The molecular weight excluding hydrogens is 222 g/mol. The summed E-state index contributed by atoms with van der Waals surface area (Å²) in [5.41, 5.74) is 4.86. The SMILES string of the molecule is CCOCCC(=O)NC(CC)(CC)/C(N)=N/O. The Morgan fingerprint density at radius 3 is 2.41 bits per heavy atom.